The second kappa shape index (κ2) is 15.5. The first kappa shape index (κ1) is 31.9. The summed E-state index contributed by atoms with van der Waals surface area (Å²) in [4.78, 5) is 34.3. The molecule has 5 aromatic carbocycles. The van der Waals surface area contributed by atoms with Crippen molar-refractivity contribution < 1.29 is 19.2 Å². The van der Waals surface area contributed by atoms with Crippen molar-refractivity contribution in [2.75, 3.05) is 4.90 Å². The summed E-state index contributed by atoms with van der Waals surface area (Å²) in [6.07, 6.45) is 0. The Morgan fingerprint density at radius 2 is 1.36 bits per heavy atom. The van der Waals surface area contributed by atoms with Gasteiger partial charge in [0.25, 0.3) is 11.8 Å². The standard InChI is InChI=1S/C38H35IN2O4/c1-27(2)32-17-22-36(44-25-29-9-5-3-6-10-29)35(23-32)38(43)41(34-20-18-33(39)19-21-34)24-28-13-15-31(16-14-28)37(42)40-45-26-30-11-7-4-8-12-30/h3-23,27H,24-26H2,1-2H3,(H,40,42). The maximum atomic E-state index is 14.4. The lowest BCUT2D eigenvalue weighted by Gasteiger charge is -2.25. The highest BCUT2D eigenvalue weighted by molar-refractivity contribution is 14.1. The van der Waals surface area contributed by atoms with Gasteiger partial charge >= 0.3 is 0 Å². The number of carbonyl (C=O) groups excluding carboxylic acids is 2. The summed E-state index contributed by atoms with van der Waals surface area (Å²) in [6.45, 7) is 5.14. The van der Waals surface area contributed by atoms with E-state index in [0.29, 0.717) is 30.0 Å². The van der Waals surface area contributed by atoms with Gasteiger partial charge in [-0.1, -0.05) is 92.7 Å². The Hall–Kier alpha value is -4.47. The normalized spacial score (nSPS) is 10.8. The molecule has 0 spiro atoms. The Labute approximate surface area is 278 Å². The maximum absolute atomic E-state index is 14.4. The van der Waals surface area contributed by atoms with Gasteiger partial charge in [-0.2, -0.15) is 0 Å². The molecule has 0 saturated heterocycles. The third-order valence-corrected chi connectivity index (χ3v) is 8.04. The van der Waals surface area contributed by atoms with E-state index in [2.05, 4.69) is 41.9 Å². The highest BCUT2D eigenvalue weighted by Gasteiger charge is 2.23. The van der Waals surface area contributed by atoms with E-state index in [9.17, 15) is 9.59 Å². The summed E-state index contributed by atoms with van der Waals surface area (Å²) in [5.41, 5.74) is 8.13. The molecule has 0 fully saturated rings. The van der Waals surface area contributed by atoms with Gasteiger partial charge < -0.3 is 9.64 Å². The summed E-state index contributed by atoms with van der Waals surface area (Å²) in [7, 11) is 0. The van der Waals surface area contributed by atoms with Crippen molar-refractivity contribution >= 4 is 40.1 Å². The summed E-state index contributed by atoms with van der Waals surface area (Å²) in [5, 5.41) is 0. The van der Waals surface area contributed by atoms with E-state index in [4.69, 9.17) is 9.57 Å². The Bertz CT molecular complexity index is 1710. The summed E-state index contributed by atoms with van der Waals surface area (Å²) in [6, 6.07) is 40.4. The molecule has 0 atom stereocenters. The number of hydrogen-bond acceptors (Lipinski definition) is 4. The topological polar surface area (TPSA) is 67.9 Å². The molecule has 1 N–H and O–H groups in total. The van der Waals surface area contributed by atoms with Gasteiger partial charge in [0, 0.05) is 14.8 Å². The monoisotopic (exact) mass is 710 g/mol. The number of nitrogens with zero attached hydrogens (tertiary/aromatic N) is 1. The number of hydrogen-bond donors (Lipinski definition) is 1. The number of rotatable bonds is 12. The molecule has 0 unspecified atom stereocenters. The first-order valence-corrected chi connectivity index (χ1v) is 15.9. The number of ether oxygens (including phenoxy) is 1. The van der Waals surface area contributed by atoms with Crippen LogP contribution in [0.3, 0.4) is 0 Å². The van der Waals surface area contributed by atoms with Crippen LogP contribution in [0.1, 0.15) is 62.7 Å². The molecule has 5 aromatic rings. The molecule has 2 amide bonds. The average molecular weight is 711 g/mol. The SMILES string of the molecule is CC(C)c1ccc(OCc2ccccc2)c(C(=O)N(Cc2ccc(C(=O)NOCc3ccccc3)cc2)c2ccc(I)cc2)c1. The van der Waals surface area contributed by atoms with Crippen molar-refractivity contribution in [1.29, 1.82) is 0 Å². The molecule has 0 aliphatic heterocycles. The highest BCUT2D eigenvalue weighted by atomic mass is 127. The predicted molar refractivity (Wildman–Crippen MR) is 186 cm³/mol. The molecule has 45 heavy (non-hydrogen) atoms. The lowest BCUT2D eigenvalue weighted by molar-refractivity contribution is 0.0233. The average Bonchev–Trinajstić information content (AvgIpc) is 3.07. The van der Waals surface area contributed by atoms with Gasteiger partial charge in [0.2, 0.25) is 0 Å². The van der Waals surface area contributed by atoms with Crippen molar-refractivity contribution in [3.05, 3.63) is 164 Å². The Balaban J connectivity index is 1.37. The van der Waals surface area contributed by atoms with Crippen LogP contribution in [-0.2, 0) is 24.6 Å². The molecule has 0 aliphatic rings. The number of anilines is 1. The number of benzene rings is 5. The summed E-state index contributed by atoms with van der Waals surface area (Å²) < 4.78 is 7.30. The number of nitrogens with one attached hydrogen (secondary N) is 1. The van der Waals surface area contributed by atoms with E-state index in [1.807, 2.05) is 115 Å². The Morgan fingerprint density at radius 1 is 0.733 bits per heavy atom. The van der Waals surface area contributed by atoms with E-state index in [1.54, 1.807) is 17.0 Å². The quantitative estimate of drug-likeness (QED) is 0.104. The zero-order valence-corrected chi connectivity index (χ0v) is 27.4. The van der Waals surface area contributed by atoms with Crippen molar-refractivity contribution in [2.45, 2.75) is 39.5 Å². The van der Waals surface area contributed by atoms with Crippen molar-refractivity contribution in [3.8, 4) is 5.75 Å². The van der Waals surface area contributed by atoms with Gasteiger partial charge in [-0.15, -0.1) is 0 Å². The molecule has 228 valence electrons. The third kappa shape index (κ3) is 8.80. The fourth-order valence-electron chi connectivity index (χ4n) is 4.74. The molecule has 0 saturated carbocycles. The zero-order valence-electron chi connectivity index (χ0n) is 25.3. The lowest BCUT2D eigenvalue weighted by atomic mass is 9.99. The smallest absolute Gasteiger partial charge is 0.274 e. The lowest BCUT2D eigenvalue weighted by Crippen LogP contribution is -2.31. The van der Waals surface area contributed by atoms with Crippen molar-refractivity contribution in [2.24, 2.45) is 0 Å². The Kier molecular flexibility index (Phi) is 11.0. The van der Waals surface area contributed by atoms with Crippen LogP contribution in [0.4, 0.5) is 5.69 Å². The van der Waals surface area contributed by atoms with Gasteiger partial charge in [-0.05, 0) is 99.3 Å². The van der Waals surface area contributed by atoms with E-state index >= 15 is 0 Å². The van der Waals surface area contributed by atoms with Crippen LogP contribution >= 0.6 is 22.6 Å². The molecule has 6 nitrogen and oxygen atoms in total. The van der Waals surface area contributed by atoms with E-state index in [-0.39, 0.29) is 24.3 Å². The molecular weight excluding hydrogens is 675 g/mol. The molecule has 7 heteroatoms. The fraction of sp³-hybridized carbons (Fsp3) is 0.158. The van der Waals surface area contributed by atoms with E-state index in [1.165, 1.54) is 0 Å². The zero-order chi connectivity index (χ0) is 31.6. The van der Waals surface area contributed by atoms with Gasteiger partial charge in [-0.3, -0.25) is 14.4 Å². The molecule has 0 radical (unpaired) electrons. The van der Waals surface area contributed by atoms with Crippen LogP contribution in [0.25, 0.3) is 0 Å². The molecule has 5 rings (SSSR count). The van der Waals surface area contributed by atoms with E-state index < -0.39 is 0 Å². The van der Waals surface area contributed by atoms with Crippen LogP contribution in [0.2, 0.25) is 0 Å². The first-order chi connectivity index (χ1) is 21.9. The largest absolute Gasteiger partial charge is 0.488 e. The van der Waals surface area contributed by atoms with Crippen LogP contribution in [-0.4, -0.2) is 11.8 Å². The van der Waals surface area contributed by atoms with Crippen LogP contribution in [0, 0.1) is 3.57 Å². The maximum Gasteiger partial charge on any atom is 0.274 e. The fourth-order valence-corrected chi connectivity index (χ4v) is 5.10. The van der Waals surface area contributed by atoms with Crippen molar-refractivity contribution in [1.82, 2.24) is 5.48 Å². The minimum Gasteiger partial charge on any atom is -0.488 e. The minimum atomic E-state index is -0.339. The number of carbonyl (C=O) groups is 2. The summed E-state index contributed by atoms with van der Waals surface area (Å²) >= 11 is 2.26. The number of amides is 2. The second-order valence-corrected chi connectivity index (χ2v) is 12.2. The minimum absolute atomic E-state index is 0.169. The summed E-state index contributed by atoms with van der Waals surface area (Å²) in [5.74, 6) is 0.264. The van der Waals surface area contributed by atoms with Gasteiger partial charge in [-0.25, -0.2) is 5.48 Å². The van der Waals surface area contributed by atoms with Gasteiger partial charge in [0.15, 0.2) is 0 Å². The second-order valence-electron chi connectivity index (χ2n) is 11.0. The van der Waals surface area contributed by atoms with Gasteiger partial charge in [0.1, 0.15) is 12.4 Å². The van der Waals surface area contributed by atoms with Gasteiger partial charge in [0.05, 0.1) is 18.7 Å². The van der Waals surface area contributed by atoms with Crippen LogP contribution in [0.15, 0.2) is 127 Å². The van der Waals surface area contributed by atoms with Crippen LogP contribution < -0.4 is 15.1 Å². The Morgan fingerprint density at radius 3 is 1.98 bits per heavy atom. The molecule has 0 aromatic heterocycles. The molecule has 0 aliphatic carbocycles. The predicted octanol–water partition coefficient (Wildman–Crippen LogP) is 8.70. The highest BCUT2D eigenvalue weighted by Crippen LogP contribution is 2.30. The van der Waals surface area contributed by atoms with E-state index in [0.717, 1.165) is 31.5 Å². The number of hydroxylamine groups is 1. The van der Waals surface area contributed by atoms with Crippen LogP contribution in [0.5, 0.6) is 5.75 Å². The molecular formula is C38H35IN2O4. The van der Waals surface area contributed by atoms with Crippen molar-refractivity contribution in [3.63, 3.8) is 0 Å². The molecule has 0 heterocycles. The molecule has 0 bridgehead atoms. The number of halogens is 1. The third-order valence-electron chi connectivity index (χ3n) is 7.32. The first-order valence-electron chi connectivity index (χ1n) is 14.8.